The van der Waals surface area contributed by atoms with Crippen molar-refractivity contribution in [1.29, 1.82) is 0 Å². The van der Waals surface area contributed by atoms with Gasteiger partial charge in [0.05, 0.1) is 11.6 Å². The van der Waals surface area contributed by atoms with Crippen molar-refractivity contribution in [3.8, 4) is 0 Å². The van der Waals surface area contributed by atoms with Crippen LogP contribution in [0.5, 0.6) is 0 Å². The van der Waals surface area contributed by atoms with Gasteiger partial charge in [0, 0.05) is 69.7 Å². The maximum absolute atomic E-state index is 13.3. The number of aliphatic imine (C=N–C) groups is 2. The summed E-state index contributed by atoms with van der Waals surface area (Å²) in [5, 5.41) is 3.34. The Morgan fingerprint density at radius 2 is 2.30 bits per heavy atom. The monoisotopic (exact) mass is 608 g/mol. The number of carbonyl (C=O) groups is 1. The van der Waals surface area contributed by atoms with Crippen molar-refractivity contribution in [2.45, 2.75) is 15.8 Å². The average molecular weight is 609 g/mol. The second kappa shape index (κ2) is 9.09. The Kier molecular flexibility index (Phi) is 6.70. The fourth-order valence-electron chi connectivity index (χ4n) is 3.70. The summed E-state index contributed by atoms with van der Waals surface area (Å²) in [6.45, 7) is 3.02. The standard InChI is InChI=1S/C19H20ClF2IN8OS/c1-2-10-4-26-14(13-6-31(25)16-12(13)3-11(20)5-27-16)29-15(10)30-9-33-8-18(30,24)17(32)28-7-19(21,22)23/h2-6,10,15H,1,7-9,24-25H2,(H,28,32)/t10?,15?,18-/m1/s1. The smallest absolute Gasteiger partial charge is 0.313 e. The lowest BCUT2D eigenvalue weighted by Crippen LogP contribution is -2.67. The molecule has 0 aromatic carbocycles. The topological polar surface area (TPSA) is 127 Å². The number of nitrogens with two attached hydrogens (primary N) is 2. The van der Waals surface area contributed by atoms with Crippen LogP contribution in [0.3, 0.4) is 0 Å². The minimum absolute atomic E-state index is 0.218. The number of nitrogens with zero attached hydrogens (tertiary/aromatic N) is 5. The lowest BCUT2D eigenvalue weighted by Gasteiger charge is -2.39. The second-order valence-corrected chi connectivity index (χ2v) is 10.6. The molecule has 2 aromatic heterocycles. The summed E-state index contributed by atoms with van der Waals surface area (Å²) in [5.41, 5.74) is 6.04. The van der Waals surface area contributed by atoms with Crippen LogP contribution in [0.2, 0.25) is 5.02 Å². The number of hydrogen-bond donors (Lipinski definition) is 3. The first-order valence-electron chi connectivity index (χ1n) is 9.68. The number of halogens is 4. The Balaban J connectivity index is 1.70. The fraction of sp³-hybridized carbons (Fsp3) is 0.368. The third kappa shape index (κ3) is 4.73. The van der Waals surface area contributed by atoms with Gasteiger partial charge in [-0.25, -0.2) is 19.9 Å². The number of rotatable bonds is 6. The largest absolute Gasteiger partial charge is 0.346 e. The van der Waals surface area contributed by atoms with E-state index in [4.69, 9.17) is 28.2 Å². The Labute approximate surface area is 210 Å². The molecule has 4 rings (SSSR count). The highest BCUT2D eigenvalue weighted by Gasteiger charge is 2.50. The number of alkyl halides is 3. The molecule has 0 saturated carbocycles. The van der Waals surface area contributed by atoms with Crippen LogP contribution in [-0.2, 0) is 4.79 Å². The summed E-state index contributed by atoms with van der Waals surface area (Å²) in [6.07, 6.45) is 5.81. The Bertz CT molecular complexity index is 1170. The van der Waals surface area contributed by atoms with Crippen molar-refractivity contribution >= 4 is 74.9 Å². The molecular weight excluding hydrogens is 589 g/mol. The highest BCUT2D eigenvalue weighted by Crippen LogP contribution is 2.34. The summed E-state index contributed by atoms with van der Waals surface area (Å²) < 4.78 is 24.9. The van der Waals surface area contributed by atoms with Gasteiger partial charge in [0.1, 0.15) is 6.17 Å². The lowest BCUT2D eigenvalue weighted by molar-refractivity contribution is -0.133. The number of aromatic nitrogens is 2. The molecule has 2 aliphatic rings. The SMILES string of the molecule is C=CC1C=NC(c2cn(N)c3ncc(Cl)cc23)=NC1N1CSC[C@]1(N)C(=O)NCC(F)(F)I. The first kappa shape index (κ1) is 24.3. The normalized spacial score (nSPS) is 25.9. The van der Waals surface area contributed by atoms with Crippen molar-refractivity contribution in [1.82, 2.24) is 19.9 Å². The van der Waals surface area contributed by atoms with Crippen LogP contribution < -0.4 is 16.9 Å². The van der Waals surface area contributed by atoms with Gasteiger partial charge in [0.25, 0.3) is 5.91 Å². The van der Waals surface area contributed by atoms with Crippen molar-refractivity contribution in [2.24, 2.45) is 21.6 Å². The van der Waals surface area contributed by atoms with Gasteiger partial charge in [-0.05, 0) is 6.07 Å². The minimum atomic E-state index is -3.08. The predicted octanol–water partition coefficient (Wildman–Crippen LogP) is 2.17. The Hall–Kier alpha value is -1.81. The molecule has 1 fully saturated rings. The van der Waals surface area contributed by atoms with Crippen molar-refractivity contribution < 1.29 is 13.6 Å². The third-order valence-corrected chi connectivity index (χ3v) is 7.04. The number of amidine groups is 1. The summed E-state index contributed by atoms with van der Waals surface area (Å²) in [6, 6.07) is 1.71. The number of nitrogens with one attached hydrogen (secondary N) is 1. The van der Waals surface area contributed by atoms with Gasteiger partial charge in [-0.1, -0.05) is 17.7 Å². The Morgan fingerprint density at radius 3 is 3.00 bits per heavy atom. The maximum Gasteiger partial charge on any atom is 0.313 e. The summed E-state index contributed by atoms with van der Waals surface area (Å²) in [7, 11) is 0. The molecule has 9 nitrogen and oxygen atoms in total. The molecule has 2 aromatic rings. The van der Waals surface area contributed by atoms with Crippen LogP contribution in [0.1, 0.15) is 5.56 Å². The predicted molar refractivity (Wildman–Crippen MR) is 135 cm³/mol. The molecule has 4 heterocycles. The van der Waals surface area contributed by atoms with Gasteiger partial charge in [-0.3, -0.25) is 9.47 Å². The van der Waals surface area contributed by atoms with Gasteiger partial charge < -0.3 is 16.9 Å². The third-order valence-electron chi connectivity index (χ3n) is 5.34. The first-order valence-corrected chi connectivity index (χ1v) is 12.3. The molecule has 1 amide bonds. The Morgan fingerprint density at radius 1 is 1.55 bits per heavy atom. The zero-order chi connectivity index (χ0) is 24.0. The summed E-state index contributed by atoms with van der Waals surface area (Å²) in [5.74, 6) is 5.93. The quantitative estimate of drug-likeness (QED) is 0.200. The van der Waals surface area contributed by atoms with Crippen LogP contribution in [0.4, 0.5) is 8.78 Å². The molecule has 5 N–H and O–H groups in total. The second-order valence-electron chi connectivity index (χ2n) is 7.60. The average Bonchev–Trinajstić information content (AvgIpc) is 3.31. The van der Waals surface area contributed by atoms with E-state index < -0.39 is 28.2 Å². The van der Waals surface area contributed by atoms with Crippen LogP contribution in [0.15, 0.2) is 41.1 Å². The molecule has 14 heteroatoms. The molecule has 2 aliphatic heterocycles. The molecule has 0 spiro atoms. The van der Waals surface area contributed by atoms with E-state index in [0.29, 0.717) is 33.3 Å². The zero-order valence-corrected chi connectivity index (χ0v) is 20.8. The molecular formula is C19H20ClF2IN8OS. The van der Waals surface area contributed by atoms with Gasteiger partial charge in [-0.2, -0.15) is 8.78 Å². The van der Waals surface area contributed by atoms with E-state index >= 15 is 0 Å². The number of nitrogen functional groups attached to an aromatic ring is 1. The van der Waals surface area contributed by atoms with Crippen molar-refractivity contribution in [3.05, 3.63) is 41.7 Å². The summed E-state index contributed by atoms with van der Waals surface area (Å²) in [4.78, 5) is 28.0. The number of carbonyl (C=O) groups excluding carboxylic acids is 1. The number of pyridine rings is 1. The van der Waals surface area contributed by atoms with Gasteiger partial charge in [0.15, 0.2) is 17.1 Å². The van der Waals surface area contributed by atoms with Crippen LogP contribution in [-0.4, -0.2) is 66.4 Å². The molecule has 0 radical (unpaired) electrons. The van der Waals surface area contributed by atoms with E-state index in [-0.39, 0.29) is 11.7 Å². The molecule has 0 aliphatic carbocycles. The minimum Gasteiger partial charge on any atom is -0.346 e. The van der Waals surface area contributed by atoms with E-state index in [1.54, 1.807) is 29.5 Å². The van der Waals surface area contributed by atoms with Crippen molar-refractivity contribution in [2.75, 3.05) is 24.0 Å². The first-order chi connectivity index (χ1) is 15.5. The molecule has 1 saturated heterocycles. The van der Waals surface area contributed by atoms with E-state index in [2.05, 4.69) is 21.9 Å². The fourth-order valence-corrected chi connectivity index (χ4v) is 5.33. The molecule has 3 atom stereocenters. The molecule has 33 heavy (non-hydrogen) atoms. The number of amides is 1. The van der Waals surface area contributed by atoms with Crippen molar-refractivity contribution in [3.63, 3.8) is 0 Å². The lowest BCUT2D eigenvalue weighted by atomic mass is 10.0. The summed E-state index contributed by atoms with van der Waals surface area (Å²) >= 11 is 8.50. The molecule has 2 unspecified atom stereocenters. The van der Waals surface area contributed by atoms with Crippen LogP contribution >= 0.6 is 46.0 Å². The number of thioether (sulfide) groups is 1. The van der Waals surface area contributed by atoms with E-state index in [1.165, 1.54) is 22.6 Å². The van der Waals surface area contributed by atoms with Crippen LogP contribution in [0, 0.1) is 5.92 Å². The number of hydrogen-bond acceptors (Lipinski definition) is 8. The van der Waals surface area contributed by atoms with Gasteiger partial charge in [-0.15, -0.1) is 18.3 Å². The van der Waals surface area contributed by atoms with E-state index in [0.717, 1.165) is 22.6 Å². The van der Waals surface area contributed by atoms with E-state index in [1.807, 2.05) is 0 Å². The number of fused-ring (bicyclic) bond motifs is 1. The molecule has 176 valence electrons. The molecule has 0 bridgehead atoms. The highest BCUT2D eigenvalue weighted by atomic mass is 127. The zero-order valence-electron chi connectivity index (χ0n) is 17.1. The van der Waals surface area contributed by atoms with Crippen LogP contribution in [0.25, 0.3) is 11.0 Å². The maximum atomic E-state index is 13.3. The van der Waals surface area contributed by atoms with Gasteiger partial charge >= 0.3 is 3.93 Å². The van der Waals surface area contributed by atoms with Gasteiger partial charge in [0.2, 0.25) is 0 Å². The van der Waals surface area contributed by atoms with E-state index in [9.17, 15) is 13.6 Å². The highest BCUT2D eigenvalue weighted by molar-refractivity contribution is 14.1.